The second-order valence-corrected chi connectivity index (χ2v) is 5.08. The number of methoxy groups -OCH3 is 1. The molecule has 0 heterocycles. The number of rotatable bonds is 4. The summed E-state index contributed by atoms with van der Waals surface area (Å²) in [5, 5.41) is 0. The lowest BCUT2D eigenvalue weighted by Gasteiger charge is -2.08. The van der Waals surface area contributed by atoms with Crippen LogP contribution in [-0.4, -0.2) is 13.1 Å². The highest BCUT2D eigenvalue weighted by Gasteiger charge is 2.10. The highest BCUT2D eigenvalue weighted by molar-refractivity contribution is 8.00. The van der Waals surface area contributed by atoms with Crippen molar-refractivity contribution < 1.29 is 13.9 Å². The summed E-state index contributed by atoms with van der Waals surface area (Å²) < 4.78 is 21.2. The number of carbonyl (C=O) groups excluding carboxylic acids is 1. The van der Waals surface area contributed by atoms with Crippen LogP contribution < -0.4 is 4.72 Å². The van der Waals surface area contributed by atoms with Crippen LogP contribution in [0.2, 0.25) is 0 Å². The van der Waals surface area contributed by atoms with Gasteiger partial charge in [-0.2, -0.15) is 0 Å². The van der Waals surface area contributed by atoms with Gasteiger partial charge in [-0.1, -0.05) is 17.7 Å². The zero-order chi connectivity index (χ0) is 14.5. The lowest BCUT2D eigenvalue weighted by Crippen LogP contribution is -2.02. The first kappa shape index (κ1) is 14.4. The Balaban J connectivity index is 2.12. The number of benzene rings is 2. The normalized spacial score (nSPS) is 10.2. The van der Waals surface area contributed by atoms with Gasteiger partial charge < -0.3 is 9.46 Å². The van der Waals surface area contributed by atoms with E-state index in [1.54, 1.807) is 0 Å². The summed E-state index contributed by atoms with van der Waals surface area (Å²) in [4.78, 5) is 12.4. The maximum absolute atomic E-state index is 13.7. The van der Waals surface area contributed by atoms with Gasteiger partial charge in [0, 0.05) is 4.90 Å². The summed E-state index contributed by atoms with van der Waals surface area (Å²) in [5.41, 5.74) is 1.72. The van der Waals surface area contributed by atoms with Crippen molar-refractivity contribution >= 4 is 23.6 Å². The highest BCUT2D eigenvalue weighted by Crippen LogP contribution is 2.24. The summed E-state index contributed by atoms with van der Waals surface area (Å²) in [7, 11) is 1.29. The standard InChI is InChI=1S/C15H14FNO2S/c1-10-3-6-12(7-4-10)20-17-14-9-11(15(18)19-2)5-8-13(14)16/h3-9,17H,1-2H3. The number of ether oxygens (including phenoxy) is 1. The number of hydrogen-bond acceptors (Lipinski definition) is 4. The average Bonchev–Trinajstić information content (AvgIpc) is 2.47. The van der Waals surface area contributed by atoms with E-state index >= 15 is 0 Å². The second kappa shape index (κ2) is 6.43. The molecule has 5 heteroatoms. The lowest BCUT2D eigenvalue weighted by molar-refractivity contribution is 0.0601. The molecule has 0 aliphatic carbocycles. The van der Waals surface area contributed by atoms with E-state index in [0.717, 1.165) is 10.5 Å². The van der Waals surface area contributed by atoms with Crippen LogP contribution >= 0.6 is 11.9 Å². The fraction of sp³-hybridized carbons (Fsp3) is 0.133. The van der Waals surface area contributed by atoms with E-state index in [1.165, 1.54) is 37.3 Å². The van der Waals surface area contributed by atoms with Crippen LogP contribution in [0.3, 0.4) is 0 Å². The third-order valence-electron chi connectivity index (χ3n) is 2.69. The van der Waals surface area contributed by atoms with E-state index in [9.17, 15) is 9.18 Å². The number of hydrogen-bond donors (Lipinski definition) is 1. The van der Waals surface area contributed by atoms with Gasteiger partial charge in [-0.25, -0.2) is 9.18 Å². The molecule has 0 fully saturated rings. The minimum absolute atomic E-state index is 0.249. The lowest BCUT2D eigenvalue weighted by atomic mass is 10.2. The molecular weight excluding hydrogens is 277 g/mol. The molecule has 0 saturated heterocycles. The van der Waals surface area contributed by atoms with E-state index in [-0.39, 0.29) is 5.69 Å². The first-order valence-corrected chi connectivity index (χ1v) is 6.79. The summed E-state index contributed by atoms with van der Waals surface area (Å²) >= 11 is 1.28. The van der Waals surface area contributed by atoms with Crippen molar-refractivity contribution in [2.24, 2.45) is 0 Å². The summed E-state index contributed by atoms with van der Waals surface area (Å²) in [6.07, 6.45) is 0. The number of anilines is 1. The van der Waals surface area contributed by atoms with Crippen LogP contribution in [-0.2, 0) is 4.74 Å². The quantitative estimate of drug-likeness (QED) is 0.681. The molecule has 2 aromatic carbocycles. The predicted octanol–water partition coefficient (Wildman–Crippen LogP) is 4.04. The van der Waals surface area contributed by atoms with E-state index in [4.69, 9.17) is 0 Å². The zero-order valence-corrected chi connectivity index (χ0v) is 12.0. The molecule has 0 radical (unpaired) electrons. The third-order valence-corrected chi connectivity index (χ3v) is 3.52. The van der Waals surface area contributed by atoms with Gasteiger partial charge in [0.1, 0.15) is 5.82 Å². The molecule has 1 N–H and O–H groups in total. The third kappa shape index (κ3) is 3.51. The number of halogens is 1. The van der Waals surface area contributed by atoms with Gasteiger partial charge in [-0.15, -0.1) is 0 Å². The summed E-state index contributed by atoms with van der Waals surface area (Å²) in [6.45, 7) is 2.00. The first-order chi connectivity index (χ1) is 9.60. The van der Waals surface area contributed by atoms with Gasteiger partial charge in [0.2, 0.25) is 0 Å². The van der Waals surface area contributed by atoms with Crippen molar-refractivity contribution in [2.75, 3.05) is 11.8 Å². The molecule has 2 aromatic rings. The average molecular weight is 291 g/mol. The molecule has 3 nitrogen and oxygen atoms in total. The van der Waals surface area contributed by atoms with Crippen molar-refractivity contribution in [2.45, 2.75) is 11.8 Å². The predicted molar refractivity (Wildman–Crippen MR) is 78.4 cm³/mol. The van der Waals surface area contributed by atoms with E-state index in [2.05, 4.69) is 9.46 Å². The van der Waals surface area contributed by atoms with Gasteiger partial charge in [-0.05, 0) is 49.2 Å². The van der Waals surface area contributed by atoms with E-state index < -0.39 is 11.8 Å². The van der Waals surface area contributed by atoms with Crippen LogP contribution in [0.4, 0.5) is 10.1 Å². The molecule has 0 aromatic heterocycles. The van der Waals surface area contributed by atoms with Crippen LogP contribution in [0, 0.1) is 12.7 Å². The number of carbonyl (C=O) groups is 1. The zero-order valence-electron chi connectivity index (χ0n) is 11.1. The van der Waals surface area contributed by atoms with Gasteiger partial charge >= 0.3 is 5.97 Å². The molecule has 0 aliphatic rings. The molecule has 0 spiro atoms. The molecular formula is C15H14FNO2S. The fourth-order valence-electron chi connectivity index (χ4n) is 1.57. The molecule has 0 bridgehead atoms. The Morgan fingerprint density at radius 2 is 1.90 bits per heavy atom. The number of nitrogens with one attached hydrogen (secondary N) is 1. The van der Waals surface area contributed by atoms with Crippen LogP contribution in [0.25, 0.3) is 0 Å². The van der Waals surface area contributed by atoms with Crippen molar-refractivity contribution in [3.63, 3.8) is 0 Å². The first-order valence-electron chi connectivity index (χ1n) is 5.97. The van der Waals surface area contributed by atoms with Crippen LogP contribution in [0.15, 0.2) is 47.4 Å². The van der Waals surface area contributed by atoms with Crippen LogP contribution in [0.1, 0.15) is 15.9 Å². The Morgan fingerprint density at radius 1 is 1.20 bits per heavy atom. The van der Waals surface area contributed by atoms with Crippen molar-refractivity contribution in [1.29, 1.82) is 0 Å². The van der Waals surface area contributed by atoms with Crippen molar-refractivity contribution in [3.8, 4) is 0 Å². The van der Waals surface area contributed by atoms with Gasteiger partial charge in [0.05, 0.1) is 18.4 Å². The van der Waals surface area contributed by atoms with Crippen LogP contribution in [0.5, 0.6) is 0 Å². The Hall–Kier alpha value is -2.01. The van der Waals surface area contributed by atoms with E-state index in [0.29, 0.717) is 5.56 Å². The molecule has 0 unspecified atom stereocenters. The second-order valence-electron chi connectivity index (χ2n) is 4.20. The van der Waals surface area contributed by atoms with Crippen molar-refractivity contribution in [3.05, 3.63) is 59.4 Å². The largest absolute Gasteiger partial charge is 0.465 e. The maximum atomic E-state index is 13.7. The molecule has 0 amide bonds. The monoisotopic (exact) mass is 291 g/mol. The van der Waals surface area contributed by atoms with E-state index in [1.807, 2.05) is 31.2 Å². The summed E-state index contributed by atoms with van der Waals surface area (Å²) in [5.74, 6) is -0.911. The molecule has 104 valence electrons. The number of aryl methyl sites for hydroxylation is 1. The Labute approximate surface area is 121 Å². The highest BCUT2D eigenvalue weighted by atomic mass is 32.2. The SMILES string of the molecule is COC(=O)c1ccc(F)c(NSc2ccc(C)cc2)c1. The minimum Gasteiger partial charge on any atom is -0.465 e. The summed E-state index contributed by atoms with van der Waals surface area (Å²) in [6, 6.07) is 11.9. The van der Waals surface area contributed by atoms with Gasteiger partial charge in [0.15, 0.2) is 0 Å². The van der Waals surface area contributed by atoms with Gasteiger partial charge in [0.25, 0.3) is 0 Å². The molecule has 20 heavy (non-hydrogen) atoms. The van der Waals surface area contributed by atoms with Gasteiger partial charge in [-0.3, -0.25) is 0 Å². The molecule has 0 atom stereocenters. The maximum Gasteiger partial charge on any atom is 0.337 e. The number of esters is 1. The minimum atomic E-state index is -0.492. The Kier molecular flexibility index (Phi) is 4.63. The van der Waals surface area contributed by atoms with Crippen molar-refractivity contribution in [1.82, 2.24) is 0 Å². The molecule has 0 saturated carbocycles. The molecule has 0 aliphatic heterocycles. The smallest absolute Gasteiger partial charge is 0.337 e. The Morgan fingerprint density at radius 3 is 2.55 bits per heavy atom. The Bertz CT molecular complexity index is 614. The fourth-order valence-corrected chi connectivity index (χ4v) is 2.22. The topological polar surface area (TPSA) is 38.3 Å². The molecule has 2 rings (SSSR count).